The van der Waals surface area contributed by atoms with Gasteiger partial charge in [0.1, 0.15) is 5.82 Å². The fourth-order valence-corrected chi connectivity index (χ4v) is 2.72. The fourth-order valence-electron chi connectivity index (χ4n) is 2.72. The van der Waals surface area contributed by atoms with Crippen molar-refractivity contribution in [1.82, 2.24) is 25.5 Å². The summed E-state index contributed by atoms with van der Waals surface area (Å²) in [5, 5.41) is 11.1. The lowest BCUT2D eigenvalue weighted by Crippen LogP contribution is -2.21. The molecule has 0 aliphatic heterocycles. The van der Waals surface area contributed by atoms with E-state index < -0.39 is 0 Å². The second-order valence-electron chi connectivity index (χ2n) is 5.99. The van der Waals surface area contributed by atoms with Crippen LogP contribution in [0.15, 0.2) is 23.0 Å². The standard InChI is InChI=1S/C17H21N5O/c1-9-5-6-10(2)16-15(9)14(23)7-13(20-16)8-18-11(3)17-19-12(4)21-22-17/h5-7,11,18H,8H2,1-4H3,(H,20,23)(H,19,21,22)/t11-/m0/s1. The minimum atomic E-state index is -0.00208. The molecule has 0 saturated heterocycles. The number of fused-ring (bicyclic) bond motifs is 1. The molecule has 3 N–H and O–H groups in total. The van der Waals surface area contributed by atoms with Crippen LogP contribution in [0, 0.1) is 20.8 Å². The Hall–Kier alpha value is -2.47. The second-order valence-corrected chi connectivity index (χ2v) is 5.99. The minimum absolute atomic E-state index is 0.00208. The molecule has 0 bridgehead atoms. The van der Waals surface area contributed by atoms with Gasteiger partial charge in [0.2, 0.25) is 0 Å². The van der Waals surface area contributed by atoms with Crippen molar-refractivity contribution in [1.29, 1.82) is 0 Å². The monoisotopic (exact) mass is 311 g/mol. The molecule has 6 heteroatoms. The highest BCUT2D eigenvalue weighted by atomic mass is 16.1. The summed E-state index contributed by atoms with van der Waals surface area (Å²) in [6.45, 7) is 8.39. The van der Waals surface area contributed by atoms with Crippen molar-refractivity contribution >= 4 is 10.9 Å². The van der Waals surface area contributed by atoms with Crippen molar-refractivity contribution in [3.63, 3.8) is 0 Å². The van der Waals surface area contributed by atoms with E-state index in [9.17, 15) is 4.79 Å². The number of benzene rings is 1. The Balaban J connectivity index is 1.86. The van der Waals surface area contributed by atoms with Gasteiger partial charge in [-0.15, -0.1) is 0 Å². The molecule has 0 aliphatic carbocycles. The van der Waals surface area contributed by atoms with E-state index in [1.54, 1.807) is 6.07 Å². The Labute approximate surface area is 134 Å². The van der Waals surface area contributed by atoms with Gasteiger partial charge in [0.15, 0.2) is 11.3 Å². The number of hydrogen-bond acceptors (Lipinski definition) is 4. The third-order valence-corrected chi connectivity index (χ3v) is 4.06. The van der Waals surface area contributed by atoms with Gasteiger partial charge in [-0.3, -0.25) is 9.89 Å². The van der Waals surface area contributed by atoms with Gasteiger partial charge in [0.05, 0.1) is 11.6 Å². The van der Waals surface area contributed by atoms with Crippen LogP contribution in [0.25, 0.3) is 10.9 Å². The number of aromatic amines is 2. The van der Waals surface area contributed by atoms with Crippen LogP contribution < -0.4 is 10.7 Å². The SMILES string of the molecule is Cc1nc([C@H](C)NCc2cc(=O)c3c(C)ccc(C)c3[nH]2)n[nH]1. The number of pyridine rings is 1. The molecule has 3 aromatic rings. The number of aryl methyl sites for hydroxylation is 3. The third-order valence-electron chi connectivity index (χ3n) is 4.06. The number of rotatable bonds is 4. The number of nitrogens with zero attached hydrogens (tertiary/aromatic N) is 2. The summed E-state index contributed by atoms with van der Waals surface area (Å²) in [6.07, 6.45) is 0. The molecule has 0 aliphatic rings. The van der Waals surface area contributed by atoms with Crippen LogP contribution in [0.4, 0.5) is 0 Å². The van der Waals surface area contributed by atoms with E-state index in [0.29, 0.717) is 6.54 Å². The highest BCUT2D eigenvalue weighted by Crippen LogP contribution is 2.17. The summed E-state index contributed by atoms with van der Waals surface area (Å²) in [6, 6.07) is 5.68. The average molecular weight is 311 g/mol. The highest BCUT2D eigenvalue weighted by Gasteiger charge is 2.11. The van der Waals surface area contributed by atoms with Gasteiger partial charge in [-0.25, -0.2) is 4.98 Å². The summed E-state index contributed by atoms with van der Waals surface area (Å²) in [5.41, 5.74) is 3.89. The maximum absolute atomic E-state index is 12.4. The van der Waals surface area contributed by atoms with Crippen molar-refractivity contribution < 1.29 is 0 Å². The zero-order chi connectivity index (χ0) is 16.6. The molecule has 1 atom stereocenters. The summed E-state index contributed by atoms with van der Waals surface area (Å²) in [5.74, 6) is 1.51. The first-order valence-electron chi connectivity index (χ1n) is 7.70. The van der Waals surface area contributed by atoms with E-state index in [-0.39, 0.29) is 11.5 Å². The first kappa shape index (κ1) is 15.4. The molecule has 0 radical (unpaired) electrons. The molecule has 120 valence electrons. The zero-order valence-corrected chi connectivity index (χ0v) is 13.8. The molecule has 1 aromatic carbocycles. The predicted octanol–water partition coefficient (Wildman–Crippen LogP) is 2.42. The van der Waals surface area contributed by atoms with Crippen molar-refractivity contribution in [3.8, 4) is 0 Å². The molecule has 0 amide bonds. The maximum Gasteiger partial charge on any atom is 0.189 e. The summed E-state index contributed by atoms with van der Waals surface area (Å²) in [7, 11) is 0. The average Bonchev–Trinajstić information content (AvgIpc) is 2.95. The van der Waals surface area contributed by atoms with Gasteiger partial charge < -0.3 is 10.3 Å². The lowest BCUT2D eigenvalue weighted by atomic mass is 10.0. The topological polar surface area (TPSA) is 86.5 Å². The smallest absolute Gasteiger partial charge is 0.189 e. The quantitative estimate of drug-likeness (QED) is 0.690. The Morgan fingerprint density at radius 2 is 1.96 bits per heavy atom. The number of hydrogen-bond donors (Lipinski definition) is 3. The summed E-state index contributed by atoms with van der Waals surface area (Å²) >= 11 is 0. The number of H-pyrrole nitrogens is 2. The van der Waals surface area contributed by atoms with Gasteiger partial charge in [-0.1, -0.05) is 12.1 Å². The number of nitrogens with one attached hydrogen (secondary N) is 3. The van der Waals surface area contributed by atoms with Crippen LogP contribution in [0.3, 0.4) is 0 Å². The molecule has 6 nitrogen and oxygen atoms in total. The zero-order valence-electron chi connectivity index (χ0n) is 13.8. The van der Waals surface area contributed by atoms with Crippen LogP contribution in [-0.4, -0.2) is 20.2 Å². The predicted molar refractivity (Wildman–Crippen MR) is 90.4 cm³/mol. The summed E-state index contributed by atoms with van der Waals surface area (Å²) in [4.78, 5) is 20.1. The van der Waals surface area contributed by atoms with Crippen molar-refractivity contribution in [2.75, 3.05) is 0 Å². The van der Waals surface area contributed by atoms with Gasteiger partial charge in [0.25, 0.3) is 0 Å². The molecule has 0 unspecified atom stereocenters. The highest BCUT2D eigenvalue weighted by molar-refractivity contribution is 5.84. The first-order chi connectivity index (χ1) is 11.0. The Morgan fingerprint density at radius 1 is 1.22 bits per heavy atom. The Kier molecular flexibility index (Phi) is 4.00. The largest absolute Gasteiger partial charge is 0.357 e. The molecule has 0 saturated carbocycles. The maximum atomic E-state index is 12.4. The van der Waals surface area contributed by atoms with Gasteiger partial charge in [0, 0.05) is 23.7 Å². The van der Waals surface area contributed by atoms with Crippen molar-refractivity contribution in [3.05, 3.63) is 56.9 Å². The lowest BCUT2D eigenvalue weighted by molar-refractivity contribution is 0.542. The molecule has 3 rings (SSSR count). The van der Waals surface area contributed by atoms with Crippen molar-refractivity contribution in [2.45, 2.75) is 40.3 Å². The van der Waals surface area contributed by atoms with E-state index in [4.69, 9.17) is 0 Å². The molecular formula is C17H21N5O. The van der Waals surface area contributed by atoms with Crippen molar-refractivity contribution in [2.24, 2.45) is 0 Å². The molecule has 23 heavy (non-hydrogen) atoms. The summed E-state index contributed by atoms with van der Waals surface area (Å²) < 4.78 is 0. The Bertz CT molecular complexity index is 909. The number of aromatic nitrogens is 4. The molecular weight excluding hydrogens is 290 g/mol. The molecule has 0 spiro atoms. The van der Waals surface area contributed by atoms with Crippen LogP contribution in [-0.2, 0) is 6.54 Å². The third kappa shape index (κ3) is 3.03. The van der Waals surface area contributed by atoms with Crippen LogP contribution in [0.5, 0.6) is 0 Å². The fraction of sp³-hybridized carbons (Fsp3) is 0.353. The van der Waals surface area contributed by atoms with Crippen LogP contribution in [0.1, 0.15) is 41.4 Å². The van der Waals surface area contributed by atoms with Gasteiger partial charge in [-0.2, -0.15) is 5.10 Å². The van der Waals surface area contributed by atoms with Gasteiger partial charge >= 0.3 is 0 Å². The second kappa shape index (κ2) is 5.96. The normalized spacial score (nSPS) is 12.7. The van der Waals surface area contributed by atoms with E-state index in [1.807, 2.05) is 39.8 Å². The van der Waals surface area contributed by atoms with E-state index in [1.165, 1.54) is 0 Å². The van der Waals surface area contributed by atoms with Crippen LogP contribution in [0.2, 0.25) is 0 Å². The van der Waals surface area contributed by atoms with E-state index >= 15 is 0 Å². The molecule has 2 heterocycles. The molecule has 2 aromatic heterocycles. The minimum Gasteiger partial charge on any atom is -0.357 e. The lowest BCUT2D eigenvalue weighted by Gasteiger charge is -2.12. The van der Waals surface area contributed by atoms with Gasteiger partial charge in [-0.05, 0) is 38.8 Å². The van der Waals surface area contributed by atoms with Crippen LogP contribution >= 0.6 is 0 Å². The first-order valence-corrected chi connectivity index (χ1v) is 7.70. The molecule has 0 fully saturated rings. The van der Waals surface area contributed by atoms with E-state index in [2.05, 4.69) is 25.5 Å². The van der Waals surface area contributed by atoms with E-state index in [0.717, 1.165) is 39.4 Å². The Morgan fingerprint density at radius 3 is 2.65 bits per heavy atom.